The summed E-state index contributed by atoms with van der Waals surface area (Å²) in [6.07, 6.45) is 8.23. The van der Waals surface area contributed by atoms with E-state index in [-0.39, 0.29) is 24.7 Å². The molecule has 0 radical (unpaired) electrons. The van der Waals surface area contributed by atoms with Gasteiger partial charge in [-0.25, -0.2) is 4.98 Å². The van der Waals surface area contributed by atoms with Crippen LogP contribution >= 0.6 is 0 Å². The predicted molar refractivity (Wildman–Crippen MR) is 119 cm³/mol. The van der Waals surface area contributed by atoms with Crippen LogP contribution in [0.1, 0.15) is 44.0 Å². The number of nitrogens with zero attached hydrogens (tertiary/aromatic N) is 2. The first kappa shape index (κ1) is 21.9. The number of pyridine rings is 1. The molecule has 0 saturated heterocycles. The van der Waals surface area contributed by atoms with Gasteiger partial charge in [-0.1, -0.05) is 0 Å². The second-order valence-corrected chi connectivity index (χ2v) is 7.81. The van der Waals surface area contributed by atoms with E-state index in [0.29, 0.717) is 41.1 Å². The van der Waals surface area contributed by atoms with Crippen LogP contribution in [-0.4, -0.2) is 35.6 Å². The van der Waals surface area contributed by atoms with Crippen LogP contribution in [0.4, 0.5) is 0 Å². The van der Waals surface area contributed by atoms with E-state index in [4.69, 9.17) is 18.6 Å². The van der Waals surface area contributed by atoms with Gasteiger partial charge in [-0.2, -0.15) is 0 Å². The fraction of sp³-hybridized carbons (Fsp3) is 0.400. The van der Waals surface area contributed by atoms with Crippen LogP contribution in [0.2, 0.25) is 0 Å². The average Bonchev–Trinajstić information content (AvgIpc) is 3.47. The fourth-order valence-corrected chi connectivity index (χ4v) is 3.90. The number of aromatic nitrogens is 2. The van der Waals surface area contributed by atoms with Crippen LogP contribution in [0, 0.1) is 0 Å². The third kappa shape index (κ3) is 5.28. The molecule has 32 heavy (non-hydrogen) atoms. The molecule has 1 aromatic carbocycles. The summed E-state index contributed by atoms with van der Waals surface area (Å²) in [6, 6.07) is 9.23. The molecule has 0 amide bonds. The van der Waals surface area contributed by atoms with E-state index in [1.54, 1.807) is 19.4 Å². The lowest BCUT2D eigenvalue weighted by Crippen LogP contribution is -2.11. The van der Waals surface area contributed by atoms with Gasteiger partial charge in [0.15, 0.2) is 11.5 Å². The fourth-order valence-electron chi connectivity index (χ4n) is 3.90. The summed E-state index contributed by atoms with van der Waals surface area (Å²) >= 11 is 0. The van der Waals surface area contributed by atoms with Gasteiger partial charge in [0.1, 0.15) is 17.8 Å². The molecule has 0 spiro atoms. The molecule has 0 N–H and O–H groups in total. The Morgan fingerprint density at radius 3 is 2.75 bits per heavy atom. The Bertz CT molecular complexity index is 1060. The van der Waals surface area contributed by atoms with Crippen LogP contribution < -0.4 is 14.2 Å². The highest BCUT2D eigenvalue weighted by Gasteiger charge is 2.20. The molecule has 7 heteroatoms. The molecule has 1 saturated carbocycles. The van der Waals surface area contributed by atoms with Crippen molar-refractivity contribution in [3.63, 3.8) is 0 Å². The summed E-state index contributed by atoms with van der Waals surface area (Å²) in [5.41, 5.74) is 1.99. The second-order valence-electron chi connectivity index (χ2n) is 7.81. The van der Waals surface area contributed by atoms with Crippen molar-refractivity contribution in [2.24, 2.45) is 0 Å². The first-order valence-electron chi connectivity index (χ1n) is 11.0. The maximum Gasteiger partial charge on any atom is 0.226 e. The molecule has 0 unspecified atom stereocenters. The van der Waals surface area contributed by atoms with E-state index >= 15 is 0 Å². The number of ketones is 1. The van der Waals surface area contributed by atoms with Crippen molar-refractivity contribution in [3.8, 4) is 28.7 Å². The zero-order valence-corrected chi connectivity index (χ0v) is 18.5. The number of oxazole rings is 1. The lowest BCUT2D eigenvalue weighted by atomic mass is 10.1. The second kappa shape index (κ2) is 10.3. The van der Waals surface area contributed by atoms with Crippen molar-refractivity contribution in [2.45, 2.75) is 51.6 Å². The Morgan fingerprint density at radius 1 is 1.12 bits per heavy atom. The van der Waals surface area contributed by atoms with Gasteiger partial charge in [0.05, 0.1) is 44.1 Å². The van der Waals surface area contributed by atoms with Crippen LogP contribution in [-0.2, 0) is 17.6 Å². The molecule has 168 valence electrons. The van der Waals surface area contributed by atoms with Crippen molar-refractivity contribution < 1.29 is 23.4 Å². The monoisotopic (exact) mass is 436 g/mol. The van der Waals surface area contributed by atoms with Crippen molar-refractivity contribution in [3.05, 3.63) is 54.2 Å². The largest absolute Gasteiger partial charge is 0.493 e. The van der Waals surface area contributed by atoms with Crippen LogP contribution in [0.25, 0.3) is 11.5 Å². The quantitative estimate of drug-likeness (QED) is 0.450. The smallest absolute Gasteiger partial charge is 0.226 e. The minimum atomic E-state index is -0.00973. The Labute approximate surface area is 187 Å². The van der Waals surface area contributed by atoms with Gasteiger partial charge in [0, 0.05) is 11.8 Å². The van der Waals surface area contributed by atoms with Gasteiger partial charge in [-0.05, 0) is 62.9 Å². The molecule has 2 aromatic heterocycles. The normalized spacial score (nSPS) is 13.8. The molecule has 0 aliphatic heterocycles. The van der Waals surface area contributed by atoms with Gasteiger partial charge < -0.3 is 18.6 Å². The topological polar surface area (TPSA) is 83.7 Å². The number of carbonyl (C=O) groups is 1. The lowest BCUT2D eigenvalue weighted by Gasteiger charge is -2.16. The molecule has 1 fully saturated rings. The summed E-state index contributed by atoms with van der Waals surface area (Å²) in [5.74, 6) is 2.44. The van der Waals surface area contributed by atoms with E-state index in [1.165, 1.54) is 19.1 Å². The molecule has 0 atom stereocenters. The standard InChI is InChI=1S/C25H28N2O5/c1-3-30-22-9-6-12-26-21(22)15-19(28)14-18-16-31-25(27-18)17-10-11-23(29-2)24(13-17)32-20-7-4-5-8-20/h6,9-13,16,20H,3-5,7-8,14-15H2,1-2H3. The molecule has 1 aliphatic carbocycles. The number of ether oxygens (including phenoxy) is 3. The van der Waals surface area contributed by atoms with Crippen molar-refractivity contribution >= 4 is 5.78 Å². The van der Waals surface area contributed by atoms with E-state index in [0.717, 1.165) is 18.4 Å². The molecular formula is C25H28N2O5. The zero-order valence-electron chi connectivity index (χ0n) is 18.5. The minimum Gasteiger partial charge on any atom is -0.493 e. The Balaban J connectivity index is 1.45. The predicted octanol–water partition coefficient (Wildman–Crippen LogP) is 4.82. The molecule has 0 bridgehead atoms. The van der Waals surface area contributed by atoms with E-state index < -0.39 is 0 Å². The number of benzene rings is 1. The van der Waals surface area contributed by atoms with E-state index in [1.807, 2.05) is 31.2 Å². The maximum absolute atomic E-state index is 12.6. The van der Waals surface area contributed by atoms with Crippen LogP contribution in [0.5, 0.6) is 17.2 Å². The summed E-state index contributed by atoms with van der Waals surface area (Å²) in [6.45, 7) is 2.42. The number of Topliss-reactive ketones (excluding diaryl/α,β-unsaturated/α-hetero) is 1. The van der Waals surface area contributed by atoms with Gasteiger partial charge in [-0.3, -0.25) is 9.78 Å². The van der Waals surface area contributed by atoms with Gasteiger partial charge in [0.25, 0.3) is 0 Å². The van der Waals surface area contributed by atoms with Crippen molar-refractivity contribution in [1.29, 1.82) is 0 Å². The first-order valence-corrected chi connectivity index (χ1v) is 11.0. The number of hydrogen-bond donors (Lipinski definition) is 0. The molecule has 2 heterocycles. The van der Waals surface area contributed by atoms with Crippen molar-refractivity contribution in [1.82, 2.24) is 9.97 Å². The summed E-state index contributed by atoms with van der Waals surface area (Å²) in [7, 11) is 1.63. The first-order chi connectivity index (χ1) is 15.7. The lowest BCUT2D eigenvalue weighted by molar-refractivity contribution is -0.117. The molecule has 4 rings (SSSR count). The van der Waals surface area contributed by atoms with E-state index in [9.17, 15) is 4.79 Å². The third-order valence-electron chi connectivity index (χ3n) is 5.45. The number of hydrogen-bond acceptors (Lipinski definition) is 7. The zero-order chi connectivity index (χ0) is 22.3. The summed E-state index contributed by atoms with van der Waals surface area (Å²) in [4.78, 5) is 21.4. The maximum atomic E-state index is 12.6. The minimum absolute atomic E-state index is 0.00973. The number of carbonyl (C=O) groups excluding carboxylic acids is 1. The third-order valence-corrected chi connectivity index (χ3v) is 5.45. The highest BCUT2D eigenvalue weighted by molar-refractivity contribution is 5.83. The average molecular weight is 437 g/mol. The highest BCUT2D eigenvalue weighted by atomic mass is 16.5. The van der Waals surface area contributed by atoms with Gasteiger partial charge in [-0.15, -0.1) is 0 Å². The number of rotatable bonds is 10. The highest BCUT2D eigenvalue weighted by Crippen LogP contribution is 2.35. The van der Waals surface area contributed by atoms with Crippen LogP contribution in [0.3, 0.4) is 0 Å². The van der Waals surface area contributed by atoms with E-state index in [2.05, 4.69) is 9.97 Å². The van der Waals surface area contributed by atoms with Crippen molar-refractivity contribution in [2.75, 3.05) is 13.7 Å². The Kier molecular flexibility index (Phi) is 7.04. The Hall–Kier alpha value is -3.35. The Morgan fingerprint density at radius 2 is 1.97 bits per heavy atom. The molecular weight excluding hydrogens is 408 g/mol. The SMILES string of the molecule is CCOc1cccnc1CC(=O)Cc1coc(-c2ccc(OC)c(OC3CCCC3)c2)n1. The summed E-state index contributed by atoms with van der Waals surface area (Å²) < 4.78 is 22.8. The van der Waals surface area contributed by atoms with Gasteiger partial charge in [0.2, 0.25) is 5.89 Å². The molecule has 7 nitrogen and oxygen atoms in total. The molecule has 1 aliphatic rings. The molecule has 3 aromatic rings. The summed E-state index contributed by atoms with van der Waals surface area (Å²) in [5, 5.41) is 0. The number of methoxy groups -OCH3 is 1. The van der Waals surface area contributed by atoms with Gasteiger partial charge >= 0.3 is 0 Å². The van der Waals surface area contributed by atoms with Crippen LogP contribution in [0.15, 0.2) is 47.2 Å².